The second kappa shape index (κ2) is 9.34. The highest BCUT2D eigenvalue weighted by molar-refractivity contribution is 8.01. The number of fused-ring (bicyclic) bond motifs is 1. The molecule has 0 bridgehead atoms. The van der Waals surface area contributed by atoms with E-state index in [1.54, 1.807) is 41.7 Å². The van der Waals surface area contributed by atoms with Crippen LogP contribution in [0.25, 0.3) is 10.2 Å². The van der Waals surface area contributed by atoms with Crippen LogP contribution in [-0.4, -0.2) is 23.7 Å². The van der Waals surface area contributed by atoms with E-state index in [4.69, 9.17) is 20.8 Å². The number of amides is 1. The lowest BCUT2D eigenvalue weighted by atomic mass is 10.2. The minimum Gasteiger partial charge on any atom is -0.494 e. The molecule has 1 amide bonds. The van der Waals surface area contributed by atoms with Crippen LogP contribution in [0.1, 0.15) is 23.0 Å². The summed E-state index contributed by atoms with van der Waals surface area (Å²) in [5.74, 6) is 1.03. The molecule has 0 fully saturated rings. The number of rotatable bonds is 7. The van der Waals surface area contributed by atoms with Gasteiger partial charge in [-0.1, -0.05) is 11.6 Å². The number of carbonyl (C=O) groups is 1. The largest absolute Gasteiger partial charge is 0.494 e. The van der Waals surface area contributed by atoms with Crippen molar-refractivity contribution in [2.45, 2.75) is 16.4 Å². The molecule has 0 aliphatic carbocycles. The second-order valence-corrected chi connectivity index (χ2v) is 8.73. The van der Waals surface area contributed by atoms with Crippen molar-refractivity contribution < 1.29 is 13.9 Å². The van der Waals surface area contributed by atoms with Crippen LogP contribution in [0.2, 0.25) is 5.02 Å². The number of benzene rings is 2. The minimum atomic E-state index is -0.329. The lowest BCUT2D eigenvalue weighted by Gasteiger charge is -2.00. The number of nitrogens with zero attached hydrogens (tertiary/aromatic N) is 2. The van der Waals surface area contributed by atoms with E-state index in [1.165, 1.54) is 18.0 Å². The Balaban J connectivity index is 1.38. The van der Waals surface area contributed by atoms with Crippen LogP contribution in [0.5, 0.6) is 5.75 Å². The fourth-order valence-electron chi connectivity index (χ4n) is 2.55. The molecule has 6 nitrogen and oxygen atoms in total. The number of hydrogen-bond acceptors (Lipinski definition) is 7. The molecule has 0 radical (unpaired) electrons. The van der Waals surface area contributed by atoms with Gasteiger partial charge in [0.15, 0.2) is 9.43 Å². The highest BCUT2D eigenvalue weighted by Crippen LogP contribution is 2.36. The van der Waals surface area contributed by atoms with Crippen LogP contribution >= 0.6 is 34.7 Å². The summed E-state index contributed by atoms with van der Waals surface area (Å²) in [5, 5.41) is 5.19. The molecule has 0 unspecified atom stereocenters. The molecule has 0 saturated carbocycles. The molecule has 0 aliphatic heterocycles. The molecule has 0 saturated heterocycles. The summed E-state index contributed by atoms with van der Waals surface area (Å²) >= 11 is 8.82. The molecule has 0 spiro atoms. The van der Waals surface area contributed by atoms with Crippen LogP contribution in [0.15, 0.2) is 73.5 Å². The van der Waals surface area contributed by atoms with E-state index in [0.29, 0.717) is 28.0 Å². The number of hydrazone groups is 1. The van der Waals surface area contributed by atoms with Gasteiger partial charge in [0.25, 0.3) is 5.91 Å². The third-order valence-corrected chi connectivity index (χ3v) is 6.16. The van der Waals surface area contributed by atoms with Gasteiger partial charge in [-0.25, -0.2) is 10.4 Å². The zero-order valence-electron chi connectivity index (χ0n) is 15.8. The van der Waals surface area contributed by atoms with E-state index in [2.05, 4.69) is 15.5 Å². The molecular formula is C21H16ClN3O3S2. The predicted molar refractivity (Wildman–Crippen MR) is 120 cm³/mol. The first kappa shape index (κ1) is 20.5. The van der Waals surface area contributed by atoms with Gasteiger partial charge in [-0.3, -0.25) is 4.79 Å². The summed E-state index contributed by atoms with van der Waals surface area (Å²) in [4.78, 5) is 16.6. The van der Waals surface area contributed by atoms with Gasteiger partial charge in [-0.15, -0.1) is 11.3 Å². The van der Waals surface area contributed by atoms with Crippen LogP contribution in [0.3, 0.4) is 0 Å². The number of carbonyl (C=O) groups excluding carboxylic acids is 1. The number of furan rings is 1. The first-order valence-corrected chi connectivity index (χ1v) is 11.0. The number of halogens is 1. The molecule has 30 heavy (non-hydrogen) atoms. The molecule has 2 aromatic carbocycles. The van der Waals surface area contributed by atoms with Crippen LogP contribution in [-0.2, 0) is 0 Å². The fraction of sp³-hybridized carbons (Fsp3) is 0.0952. The Morgan fingerprint density at radius 1 is 1.27 bits per heavy atom. The molecule has 4 rings (SSSR count). The number of aromatic nitrogens is 1. The third-order valence-electron chi connectivity index (χ3n) is 3.91. The molecule has 2 aromatic heterocycles. The number of hydrogen-bond donors (Lipinski definition) is 1. The Labute approximate surface area is 185 Å². The first-order valence-electron chi connectivity index (χ1n) is 9.01. The summed E-state index contributed by atoms with van der Waals surface area (Å²) in [6.07, 6.45) is 1.45. The Morgan fingerprint density at radius 2 is 2.10 bits per heavy atom. The van der Waals surface area contributed by atoms with Gasteiger partial charge in [0.2, 0.25) is 0 Å². The van der Waals surface area contributed by atoms with Crippen molar-refractivity contribution in [3.05, 3.63) is 70.9 Å². The number of ether oxygens (including phenoxy) is 1. The molecule has 2 heterocycles. The molecule has 4 aromatic rings. The Kier molecular flexibility index (Phi) is 6.37. The third kappa shape index (κ3) is 5.02. The summed E-state index contributed by atoms with van der Waals surface area (Å²) in [6, 6.07) is 16.0. The quantitative estimate of drug-likeness (QED) is 0.278. The summed E-state index contributed by atoms with van der Waals surface area (Å²) in [6.45, 7) is 2.59. The van der Waals surface area contributed by atoms with Crippen LogP contribution < -0.4 is 10.2 Å². The summed E-state index contributed by atoms with van der Waals surface area (Å²) in [7, 11) is 0. The van der Waals surface area contributed by atoms with Crippen molar-refractivity contribution >= 4 is 57.0 Å². The fourth-order valence-corrected chi connectivity index (χ4v) is 4.67. The molecule has 1 N–H and O–H groups in total. The van der Waals surface area contributed by atoms with Gasteiger partial charge >= 0.3 is 0 Å². The van der Waals surface area contributed by atoms with Gasteiger partial charge < -0.3 is 9.15 Å². The molecule has 0 aliphatic rings. The van der Waals surface area contributed by atoms with Crippen molar-refractivity contribution in [3.8, 4) is 5.75 Å². The van der Waals surface area contributed by atoms with E-state index in [9.17, 15) is 4.79 Å². The van der Waals surface area contributed by atoms with Gasteiger partial charge in [0.1, 0.15) is 11.5 Å². The van der Waals surface area contributed by atoms with Crippen molar-refractivity contribution in [1.29, 1.82) is 0 Å². The average Bonchev–Trinajstić information content (AvgIpc) is 3.34. The summed E-state index contributed by atoms with van der Waals surface area (Å²) in [5.41, 5.74) is 3.85. The monoisotopic (exact) mass is 457 g/mol. The standard InChI is InChI=1S/C21H16ClN3O3S2/c1-2-27-15-7-9-17-18(11-15)29-21(24-17)30-19-10-8-16(28-19)12-23-25-20(26)13-3-5-14(22)6-4-13/h3-12H,2H2,1H3,(H,25,26)/b23-12+. The smallest absolute Gasteiger partial charge is 0.271 e. The lowest BCUT2D eigenvalue weighted by molar-refractivity contribution is 0.0955. The zero-order valence-corrected chi connectivity index (χ0v) is 18.2. The Hall–Kier alpha value is -2.81. The van der Waals surface area contributed by atoms with Crippen molar-refractivity contribution in [1.82, 2.24) is 10.4 Å². The SMILES string of the molecule is CCOc1ccc2nc(Sc3ccc(/C=N/NC(=O)c4ccc(Cl)cc4)o3)sc2c1. The Bertz CT molecular complexity index is 1200. The van der Waals surface area contributed by atoms with E-state index < -0.39 is 0 Å². The maximum Gasteiger partial charge on any atom is 0.271 e. The second-order valence-electron chi connectivity index (χ2n) is 6.01. The van der Waals surface area contributed by atoms with Crippen molar-refractivity contribution in [2.24, 2.45) is 5.10 Å². The normalized spacial score (nSPS) is 11.3. The van der Waals surface area contributed by atoms with Crippen LogP contribution in [0, 0.1) is 0 Å². The maximum atomic E-state index is 12.0. The molecule has 0 atom stereocenters. The number of thiazole rings is 1. The lowest BCUT2D eigenvalue weighted by Crippen LogP contribution is -2.17. The van der Waals surface area contributed by atoms with Crippen molar-refractivity contribution in [2.75, 3.05) is 6.61 Å². The van der Waals surface area contributed by atoms with E-state index >= 15 is 0 Å². The molecular weight excluding hydrogens is 442 g/mol. The molecule has 9 heteroatoms. The van der Waals surface area contributed by atoms with Crippen molar-refractivity contribution in [3.63, 3.8) is 0 Å². The minimum absolute atomic E-state index is 0.329. The van der Waals surface area contributed by atoms with E-state index in [1.807, 2.05) is 31.2 Å². The van der Waals surface area contributed by atoms with E-state index in [-0.39, 0.29) is 5.91 Å². The molecule has 152 valence electrons. The van der Waals surface area contributed by atoms with Gasteiger partial charge in [-0.2, -0.15) is 5.10 Å². The van der Waals surface area contributed by atoms with Gasteiger partial charge in [0, 0.05) is 10.6 Å². The first-order chi connectivity index (χ1) is 14.6. The van der Waals surface area contributed by atoms with E-state index in [0.717, 1.165) is 20.3 Å². The predicted octanol–water partition coefficient (Wildman–Crippen LogP) is 5.86. The number of nitrogens with one attached hydrogen (secondary N) is 1. The maximum absolute atomic E-state index is 12.0. The zero-order chi connectivity index (χ0) is 20.9. The van der Waals surface area contributed by atoms with Gasteiger partial charge in [-0.05, 0) is 73.3 Å². The van der Waals surface area contributed by atoms with Crippen LogP contribution in [0.4, 0.5) is 0 Å². The Morgan fingerprint density at radius 3 is 2.90 bits per heavy atom. The summed E-state index contributed by atoms with van der Waals surface area (Å²) < 4.78 is 13.2. The highest BCUT2D eigenvalue weighted by atomic mass is 35.5. The topological polar surface area (TPSA) is 76.7 Å². The highest BCUT2D eigenvalue weighted by Gasteiger charge is 2.10. The average molecular weight is 458 g/mol. The van der Waals surface area contributed by atoms with Gasteiger partial charge in [0.05, 0.1) is 23.0 Å².